The van der Waals surface area contributed by atoms with E-state index in [1.165, 1.54) is 6.42 Å². The van der Waals surface area contributed by atoms with Crippen LogP contribution in [0.2, 0.25) is 0 Å². The number of alkyl halides is 1. The Bertz CT molecular complexity index is 187. The maximum Gasteiger partial charge on any atom is 0.0635 e. The van der Waals surface area contributed by atoms with E-state index in [1.807, 2.05) is 0 Å². The molecule has 0 aromatic heterocycles. The van der Waals surface area contributed by atoms with Crippen LogP contribution in [0.5, 0.6) is 0 Å². The lowest BCUT2D eigenvalue weighted by Crippen LogP contribution is -2.33. The molecule has 1 unspecified atom stereocenters. The van der Waals surface area contributed by atoms with Crippen molar-refractivity contribution < 1.29 is 0 Å². The van der Waals surface area contributed by atoms with E-state index in [4.69, 9.17) is 16.9 Å². The summed E-state index contributed by atoms with van der Waals surface area (Å²) in [5.41, 5.74) is 0. The maximum atomic E-state index is 8.56. The van der Waals surface area contributed by atoms with E-state index in [-0.39, 0.29) is 0 Å². The minimum absolute atomic E-state index is 0.529. The van der Waals surface area contributed by atoms with Gasteiger partial charge in [0.15, 0.2) is 0 Å². The Morgan fingerprint density at radius 3 is 2.33 bits per heavy atom. The molecular formula is C12H23ClN2. The molecule has 15 heavy (non-hydrogen) atoms. The molecular weight excluding hydrogens is 208 g/mol. The fourth-order valence-electron chi connectivity index (χ4n) is 1.54. The quantitative estimate of drug-likeness (QED) is 0.599. The zero-order valence-corrected chi connectivity index (χ0v) is 10.9. The molecule has 0 radical (unpaired) electrons. The molecule has 2 nitrogen and oxygen atoms in total. The molecule has 0 amide bonds. The van der Waals surface area contributed by atoms with E-state index in [1.54, 1.807) is 0 Å². The third-order valence-corrected chi connectivity index (χ3v) is 2.97. The molecule has 0 N–H and O–H groups in total. The summed E-state index contributed by atoms with van der Waals surface area (Å²) < 4.78 is 0. The van der Waals surface area contributed by atoms with Crippen molar-refractivity contribution >= 4 is 11.6 Å². The van der Waals surface area contributed by atoms with Crippen LogP contribution in [0.15, 0.2) is 0 Å². The summed E-state index contributed by atoms with van der Waals surface area (Å²) in [6.45, 7) is 8.58. The van der Waals surface area contributed by atoms with Crippen molar-refractivity contribution in [1.82, 2.24) is 4.90 Å². The number of nitriles is 1. The molecule has 0 aliphatic rings. The van der Waals surface area contributed by atoms with Gasteiger partial charge < -0.3 is 0 Å². The minimum Gasteiger partial charge on any atom is -0.300 e. The minimum atomic E-state index is 0.529. The second-order valence-corrected chi connectivity index (χ2v) is 4.79. The van der Waals surface area contributed by atoms with Crippen LogP contribution in [0.4, 0.5) is 0 Å². The normalized spacial score (nSPS) is 13.1. The first-order valence-corrected chi connectivity index (χ1v) is 6.32. The first-order valence-electron chi connectivity index (χ1n) is 5.78. The zero-order chi connectivity index (χ0) is 11.7. The highest BCUT2D eigenvalue weighted by molar-refractivity contribution is 6.17. The molecule has 0 rings (SSSR count). The van der Waals surface area contributed by atoms with Crippen molar-refractivity contribution in [2.45, 2.75) is 46.1 Å². The molecule has 0 heterocycles. The second kappa shape index (κ2) is 9.00. The molecule has 0 aliphatic carbocycles. The Balaban J connectivity index is 3.80. The van der Waals surface area contributed by atoms with Crippen molar-refractivity contribution in [3.05, 3.63) is 0 Å². The standard InChI is InChI=1S/C12H23ClN2/c1-11(2)15(9-4-8-14)10-6-12(3)5-7-13/h11-12H,4-7,9-10H2,1-3H3. The van der Waals surface area contributed by atoms with Crippen molar-refractivity contribution in [3.8, 4) is 6.07 Å². The monoisotopic (exact) mass is 230 g/mol. The van der Waals surface area contributed by atoms with Gasteiger partial charge in [0.25, 0.3) is 0 Å². The average molecular weight is 231 g/mol. The summed E-state index contributed by atoms with van der Waals surface area (Å²) in [4.78, 5) is 2.37. The first-order chi connectivity index (χ1) is 7.11. The van der Waals surface area contributed by atoms with Crippen LogP contribution in [0.1, 0.15) is 40.0 Å². The van der Waals surface area contributed by atoms with Gasteiger partial charge in [-0.1, -0.05) is 6.92 Å². The van der Waals surface area contributed by atoms with Crippen LogP contribution in [-0.2, 0) is 0 Å². The van der Waals surface area contributed by atoms with Crippen LogP contribution in [-0.4, -0.2) is 29.9 Å². The third-order valence-electron chi connectivity index (χ3n) is 2.75. The van der Waals surface area contributed by atoms with Gasteiger partial charge in [-0.15, -0.1) is 11.6 Å². The number of nitrogens with zero attached hydrogens (tertiary/aromatic N) is 2. The van der Waals surface area contributed by atoms with E-state index >= 15 is 0 Å². The fraction of sp³-hybridized carbons (Fsp3) is 0.917. The van der Waals surface area contributed by atoms with Gasteiger partial charge in [-0.05, 0) is 39.2 Å². The summed E-state index contributed by atoms with van der Waals surface area (Å²) >= 11 is 5.70. The highest BCUT2D eigenvalue weighted by atomic mass is 35.5. The summed E-state index contributed by atoms with van der Waals surface area (Å²) in [7, 11) is 0. The lowest BCUT2D eigenvalue weighted by molar-refractivity contribution is 0.211. The van der Waals surface area contributed by atoms with Crippen LogP contribution >= 0.6 is 11.6 Å². The molecule has 0 aliphatic heterocycles. The molecule has 0 aromatic carbocycles. The summed E-state index contributed by atoms with van der Waals surface area (Å²) in [6, 6.07) is 2.73. The van der Waals surface area contributed by atoms with E-state index in [0.717, 1.165) is 25.4 Å². The third kappa shape index (κ3) is 7.64. The number of hydrogen-bond acceptors (Lipinski definition) is 2. The largest absolute Gasteiger partial charge is 0.300 e. The first kappa shape index (κ1) is 14.7. The molecule has 1 atom stereocenters. The maximum absolute atomic E-state index is 8.56. The predicted octanol–water partition coefficient (Wildman–Crippen LogP) is 3.27. The van der Waals surface area contributed by atoms with Crippen molar-refractivity contribution in [1.29, 1.82) is 5.26 Å². The zero-order valence-electron chi connectivity index (χ0n) is 10.2. The van der Waals surface area contributed by atoms with Crippen LogP contribution < -0.4 is 0 Å². The van der Waals surface area contributed by atoms with E-state index < -0.39 is 0 Å². The highest BCUT2D eigenvalue weighted by Gasteiger charge is 2.10. The van der Waals surface area contributed by atoms with E-state index in [0.29, 0.717) is 18.4 Å². The van der Waals surface area contributed by atoms with Gasteiger partial charge >= 0.3 is 0 Å². The molecule has 0 saturated heterocycles. The van der Waals surface area contributed by atoms with Gasteiger partial charge in [-0.2, -0.15) is 5.26 Å². The molecule has 88 valence electrons. The fourth-order valence-corrected chi connectivity index (χ4v) is 1.91. The van der Waals surface area contributed by atoms with Gasteiger partial charge in [0, 0.05) is 24.9 Å². The van der Waals surface area contributed by atoms with Crippen molar-refractivity contribution in [3.63, 3.8) is 0 Å². The van der Waals surface area contributed by atoms with Crippen LogP contribution in [0.25, 0.3) is 0 Å². The number of rotatable bonds is 8. The Morgan fingerprint density at radius 1 is 1.20 bits per heavy atom. The van der Waals surface area contributed by atoms with Crippen molar-refractivity contribution in [2.24, 2.45) is 5.92 Å². The van der Waals surface area contributed by atoms with E-state index in [9.17, 15) is 0 Å². The van der Waals surface area contributed by atoms with Gasteiger partial charge in [-0.25, -0.2) is 0 Å². The SMILES string of the molecule is CC(CCCl)CCN(CCC#N)C(C)C. The molecule has 0 bridgehead atoms. The van der Waals surface area contributed by atoms with Crippen LogP contribution in [0, 0.1) is 17.2 Å². The molecule has 0 spiro atoms. The molecule has 0 fully saturated rings. The second-order valence-electron chi connectivity index (χ2n) is 4.41. The van der Waals surface area contributed by atoms with E-state index in [2.05, 4.69) is 31.7 Å². The summed E-state index contributed by atoms with van der Waals surface area (Å²) in [5.74, 6) is 1.44. The lowest BCUT2D eigenvalue weighted by Gasteiger charge is -2.26. The van der Waals surface area contributed by atoms with Crippen molar-refractivity contribution in [2.75, 3.05) is 19.0 Å². The van der Waals surface area contributed by atoms with Gasteiger partial charge in [0.2, 0.25) is 0 Å². The predicted molar refractivity (Wildman–Crippen MR) is 66.1 cm³/mol. The number of hydrogen-bond donors (Lipinski definition) is 0. The number of halogens is 1. The molecule has 0 saturated carbocycles. The summed E-state index contributed by atoms with van der Waals surface area (Å²) in [6.07, 6.45) is 2.89. The molecule has 0 aromatic rings. The lowest BCUT2D eigenvalue weighted by atomic mass is 10.0. The van der Waals surface area contributed by atoms with Gasteiger partial charge in [-0.3, -0.25) is 4.90 Å². The Labute approximate surface area is 99.2 Å². The van der Waals surface area contributed by atoms with Gasteiger partial charge in [0.05, 0.1) is 6.07 Å². The summed E-state index contributed by atoms with van der Waals surface area (Å²) in [5, 5.41) is 8.56. The highest BCUT2D eigenvalue weighted by Crippen LogP contribution is 2.11. The Morgan fingerprint density at radius 2 is 1.87 bits per heavy atom. The topological polar surface area (TPSA) is 27.0 Å². The smallest absolute Gasteiger partial charge is 0.0635 e. The molecule has 3 heteroatoms. The van der Waals surface area contributed by atoms with Crippen LogP contribution in [0.3, 0.4) is 0 Å². The Kier molecular flexibility index (Phi) is 8.85. The average Bonchev–Trinajstić information content (AvgIpc) is 2.17. The Hall–Kier alpha value is -0.260. The van der Waals surface area contributed by atoms with Gasteiger partial charge in [0.1, 0.15) is 0 Å².